The van der Waals surface area contributed by atoms with Crippen molar-refractivity contribution in [3.63, 3.8) is 0 Å². The number of carbonyl (C=O) groups is 1. The molecule has 0 aromatic heterocycles. The van der Waals surface area contributed by atoms with Gasteiger partial charge in [-0.25, -0.2) is 8.42 Å². The molecule has 0 heterocycles. The zero-order chi connectivity index (χ0) is 19.5. The number of benzene rings is 2. The Morgan fingerprint density at radius 2 is 1.92 bits per heavy atom. The van der Waals surface area contributed by atoms with Gasteiger partial charge in [0, 0.05) is 6.92 Å². The van der Waals surface area contributed by atoms with Gasteiger partial charge in [0.1, 0.15) is 5.75 Å². The molecule has 0 aliphatic heterocycles. The summed E-state index contributed by atoms with van der Waals surface area (Å²) in [6.45, 7) is 1.30. The number of hydrogen-bond acceptors (Lipinski definition) is 6. The second-order valence-corrected chi connectivity index (χ2v) is 7.13. The molecule has 0 spiro atoms. The van der Waals surface area contributed by atoms with Crippen LogP contribution in [0.25, 0.3) is 0 Å². The fourth-order valence-electron chi connectivity index (χ4n) is 2.07. The summed E-state index contributed by atoms with van der Waals surface area (Å²) in [4.78, 5) is 20.9. The van der Waals surface area contributed by atoms with Gasteiger partial charge >= 0.3 is 0 Å². The highest BCUT2D eigenvalue weighted by Gasteiger charge is 2.26. The Kier molecular flexibility index (Phi) is 5.68. The molecule has 138 valence electrons. The highest BCUT2D eigenvalue weighted by molar-refractivity contribution is 7.92. The van der Waals surface area contributed by atoms with E-state index >= 15 is 0 Å². The highest BCUT2D eigenvalue weighted by Crippen LogP contribution is 2.31. The SMILES string of the molecule is COc1ccc(S(=O)(=O)Nc2ccc(NC(C)=O)c(Cl)c2)c([N+](=O)[O-])c1. The lowest BCUT2D eigenvalue weighted by Crippen LogP contribution is -2.15. The van der Waals surface area contributed by atoms with Crippen LogP contribution in [-0.4, -0.2) is 26.4 Å². The number of hydrogen-bond donors (Lipinski definition) is 2. The second-order valence-electron chi connectivity index (χ2n) is 5.07. The third-order valence-corrected chi connectivity index (χ3v) is 4.93. The maximum absolute atomic E-state index is 12.5. The summed E-state index contributed by atoms with van der Waals surface area (Å²) in [5.41, 5.74) is -0.246. The molecular weight excluding hydrogens is 386 g/mol. The van der Waals surface area contributed by atoms with E-state index in [4.69, 9.17) is 16.3 Å². The molecule has 2 N–H and O–H groups in total. The van der Waals surface area contributed by atoms with E-state index in [-0.39, 0.29) is 22.4 Å². The molecule has 2 aromatic rings. The highest BCUT2D eigenvalue weighted by atomic mass is 35.5. The molecule has 0 aliphatic carbocycles. The third-order valence-electron chi connectivity index (χ3n) is 3.18. The van der Waals surface area contributed by atoms with E-state index in [9.17, 15) is 23.3 Å². The van der Waals surface area contributed by atoms with Crippen molar-refractivity contribution in [2.45, 2.75) is 11.8 Å². The molecule has 0 atom stereocenters. The largest absolute Gasteiger partial charge is 0.497 e. The Balaban J connectivity index is 2.39. The number of nitro benzene ring substituents is 1. The summed E-state index contributed by atoms with van der Waals surface area (Å²) >= 11 is 6.00. The lowest BCUT2D eigenvalue weighted by molar-refractivity contribution is -0.387. The molecule has 0 saturated heterocycles. The quantitative estimate of drug-likeness (QED) is 0.567. The summed E-state index contributed by atoms with van der Waals surface area (Å²) in [6, 6.07) is 7.44. The average Bonchev–Trinajstić information content (AvgIpc) is 2.56. The lowest BCUT2D eigenvalue weighted by Gasteiger charge is -2.11. The summed E-state index contributed by atoms with van der Waals surface area (Å²) < 4.78 is 32.2. The van der Waals surface area contributed by atoms with Gasteiger partial charge in [-0.3, -0.25) is 19.6 Å². The lowest BCUT2D eigenvalue weighted by atomic mass is 10.3. The molecule has 9 nitrogen and oxygen atoms in total. The van der Waals surface area contributed by atoms with Gasteiger partial charge in [-0.05, 0) is 30.3 Å². The van der Waals surface area contributed by atoms with Crippen molar-refractivity contribution < 1.29 is 22.9 Å². The van der Waals surface area contributed by atoms with Gasteiger partial charge < -0.3 is 10.1 Å². The van der Waals surface area contributed by atoms with Gasteiger partial charge in [-0.15, -0.1) is 0 Å². The van der Waals surface area contributed by atoms with Gasteiger partial charge in [-0.2, -0.15) is 0 Å². The van der Waals surface area contributed by atoms with Gasteiger partial charge in [0.2, 0.25) is 5.91 Å². The summed E-state index contributed by atoms with van der Waals surface area (Å²) in [6.07, 6.45) is 0. The number of methoxy groups -OCH3 is 1. The topological polar surface area (TPSA) is 128 Å². The van der Waals surface area contributed by atoms with Crippen LogP contribution >= 0.6 is 11.6 Å². The smallest absolute Gasteiger partial charge is 0.293 e. The molecule has 0 radical (unpaired) electrons. The standard InChI is InChI=1S/C15H14ClN3O6S/c1-9(20)17-13-5-3-10(7-12(13)16)18-26(23,24)15-6-4-11(25-2)8-14(15)19(21)22/h3-8,18H,1-2H3,(H,17,20). The van der Waals surface area contributed by atoms with Crippen LogP contribution in [0.3, 0.4) is 0 Å². The number of amides is 1. The molecule has 0 aliphatic rings. The number of halogens is 1. The summed E-state index contributed by atoms with van der Waals surface area (Å²) in [5.74, 6) is -0.188. The van der Waals surface area contributed by atoms with Crippen molar-refractivity contribution in [1.82, 2.24) is 0 Å². The van der Waals surface area contributed by atoms with E-state index in [2.05, 4.69) is 10.0 Å². The minimum atomic E-state index is -4.26. The predicted octanol–water partition coefficient (Wildman–Crippen LogP) is 3.02. The van der Waals surface area contributed by atoms with Crippen molar-refractivity contribution in [3.8, 4) is 5.75 Å². The first-order valence-electron chi connectivity index (χ1n) is 7.06. The van der Waals surface area contributed by atoms with E-state index in [1.54, 1.807) is 0 Å². The Labute approximate surface area is 154 Å². The van der Waals surface area contributed by atoms with Crippen LogP contribution in [0.5, 0.6) is 5.75 Å². The number of carbonyl (C=O) groups excluding carboxylic acids is 1. The molecular formula is C15H14ClN3O6S. The van der Waals surface area contributed by atoms with Crippen molar-refractivity contribution in [2.75, 3.05) is 17.1 Å². The molecule has 0 saturated carbocycles. The zero-order valence-corrected chi connectivity index (χ0v) is 15.2. The molecule has 1 amide bonds. The summed E-state index contributed by atoms with van der Waals surface area (Å²) in [5, 5.41) is 13.8. The second kappa shape index (κ2) is 7.58. The van der Waals surface area contributed by atoms with Crippen molar-refractivity contribution in [1.29, 1.82) is 0 Å². The van der Waals surface area contributed by atoms with Crippen LogP contribution in [0.1, 0.15) is 6.92 Å². The normalized spacial score (nSPS) is 10.9. The van der Waals surface area contributed by atoms with Crippen molar-refractivity contribution in [3.05, 3.63) is 51.5 Å². The average molecular weight is 400 g/mol. The Hall–Kier alpha value is -2.85. The van der Waals surface area contributed by atoms with Crippen molar-refractivity contribution in [2.24, 2.45) is 0 Å². The van der Waals surface area contributed by atoms with Crippen LogP contribution in [0.2, 0.25) is 5.02 Å². The van der Waals surface area contributed by atoms with Crippen LogP contribution in [-0.2, 0) is 14.8 Å². The first kappa shape index (κ1) is 19.5. The minimum absolute atomic E-state index is 0.0780. The number of nitro groups is 1. The fraction of sp³-hybridized carbons (Fsp3) is 0.133. The van der Waals surface area contributed by atoms with Gasteiger partial charge in [0.05, 0.1) is 34.5 Å². The Morgan fingerprint density at radius 3 is 2.46 bits per heavy atom. The number of rotatable bonds is 6. The molecule has 0 fully saturated rings. The number of nitrogens with zero attached hydrogens (tertiary/aromatic N) is 1. The van der Waals surface area contributed by atoms with Crippen LogP contribution < -0.4 is 14.8 Å². The van der Waals surface area contributed by atoms with Crippen LogP contribution in [0.4, 0.5) is 17.1 Å². The number of nitrogens with one attached hydrogen (secondary N) is 2. The number of anilines is 2. The molecule has 2 rings (SSSR count). The van der Waals surface area contributed by atoms with Crippen LogP contribution in [0, 0.1) is 10.1 Å². The van der Waals surface area contributed by atoms with Gasteiger partial charge in [-0.1, -0.05) is 11.6 Å². The first-order valence-corrected chi connectivity index (χ1v) is 8.92. The Morgan fingerprint density at radius 1 is 1.23 bits per heavy atom. The maximum Gasteiger partial charge on any atom is 0.293 e. The molecule has 0 bridgehead atoms. The fourth-order valence-corrected chi connectivity index (χ4v) is 3.50. The van der Waals surface area contributed by atoms with E-state index in [1.807, 2.05) is 0 Å². The van der Waals surface area contributed by atoms with E-state index in [0.717, 1.165) is 12.1 Å². The summed E-state index contributed by atoms with van der Waals surface area (Å²) in [7, 11) is -2.95. The first-order chi connectivity index (χ1) is 12.1. The maximum atomic E-state index is 12.5. The van der Waals surface area contributed by atoms with Gasteiger partial charge in [0.25, 0.3) is 15.7 Å². The number of sulfonamides is 1. The van der Waals surface area contributed by atoms with Crippen molar-refractivity contribution >= 4 is 44.6 Å². The molecule has 0 unspecified atom stereocenters. The van der Waals surface area contributed by atoms with E-state index in [0.29, 0.717) is 5.69 Å². The predicted molar refractivity (Wildman–Crippen MR) is 96.2 cm³/mol. The van der Waals surface area contributed by atoms with E-state index in [1.165, 1.54) is 38.3 Å². The van der Waals surface area contributed by atoms with E-state index < -0.39 is 25.5 Å². The third kappa shape index (κ3) is 4.41. The molecule has 26 heavy (non-hydrogen) atoms. The molecule has 2 aromatic carbocycles. The van der Waals surface area contributed by atoms with Crippen LogP contribution in [0.15, 0.2) is 41.3 Å². The monoisotopic (exact) mass is 399 g/mol. The molecule has 11 heteroatoms. The number of ether oxygens (including phenoxy) is 1. The van der Waals surface area contributed by atoms with Gasteiger partial charge in [0.15, 0.2) is 4.90 Å². The minimum Gasteiger partial charge on any atom is -0.497 e. The Bertz CT molecular complexity index is 977. The zero-order valence-electron chi connectivity index (χ0n) is 13.6.